The number of carbonyl (C=O) groups is 2. The van der Waals surface area contributed by atoms with Crippen molar-refractivity contribution in [3.8, 4) is 17.0 Å². The first-order valence-corrected chi connectivity index (χ1v) is 12.6. The summed E-state index contributed by atoms with van der Waals surface area (Å²) in [5.41, 5.74) is 3.69. The largest absolute Gasteiger partial charge is 0.508 e. The number of amides is 2. The second kappa shape index (κ2) is 12.6. The Hall–Kier alpha value is -4.39. The van der Waals surface area contributed by atoms with E-state index in [0.717, 1.165) is 23.2 Å². The van der Waals surface area contributed by atoms with Gasteiger partial charge in [-0.05, 0) is 30.5 Å². The van der Waals surface area contributed by atoms with Crippen molar-refractivity contribution in [3.63, 3.8) is 0 Å². The lowest BCUT2D eigenvalue weighted by molar-refractivity contribution is -0.192. The Morgan fingerprint density at radius 3 is 2.35 bits per heavy atom. The van der Waals surface area contributed by atoms with Crippen LogP contribution in [0.2, 0.25) is 0 Å². The number of benzene rings is 2. The van der Waals surface area contributed by atoms with Crippen molar-refractivity contribution in [2.45, 2.75) is 19.0 Å². The van der Waals surface area contributed by atoms with Gasteiger partial charge in [-0.25, -0.2) is 14.6 Å². The third-order valence-electron chi connectivity index (χ3n) is 6.25. The Morgan fingerprint density at radius 2 is 1.70 bits per heavy atom. The monoisotopic (exact) mass is 559 g/mol. The number of carbonyl (C=O) groups excluding carboxylic acids is 1. The number of hydrogen-bond acceptors (Lipinski definition) is 7. The highest BCUT2D eigenvalue weighted by atomic mass is 19.4. The van der Waals surface area contributed by atoms with Crippen molar-refractivity contribution in [3.05, 3.63) is 65.7 Å². The number of rotatable bonds is 5. The number of nitrogens with zero attached hydrogens (tertiary/aromatic N) is 4. The second-order valence-corrected chi connectivity index (χ2v) is 9.00. The van der Waals surface area contributed by atoms with Crippen LogP contribution in [-0.4, -0.2) is 77.8 Å². The first-order chi connectivity index (χ1) is 19.1. The van der Waals surface area contributed by atoms with Crippen LogP contribution in [0.3, 0.4) is 0 Å². The van der Waals surface area contributed by atoms with E-state index in [9.17, 15) is 23.1 Å². The maximum Gasteiger partial charge on any atom is 0.490 e. The molecule has 2 aliphatic heterocycles. The van der Waals surface area contributed by atoms with Crippen LogP contribution >= 0.6 is 0 Å². The number of carboxylic acids is 1. The van der Waals surface area contributed by atoms with Gasteiger partial charge in [0.2, 0.25) is 5.95 Å². The summed E-state index contributed by atoms with van der Waals surface area (Å²) >= 11 is 0. The Morgan fingerprint density at radius 1 is 1.00 bits per heavy atom. The van der Waals surface area contributed by atoms with Crippen LogP contribution in [0.5, 0.6) is 5.75 Å². The number of urea groups is 1. The predicted molar refractivity (Wildman–Crippen MR) is 140 cm³/mol. The summed E-state index contributed by atoms with van der Waals surface area (Å²) < 4.78 is 37.2. The number of phenols is 1. The van der Waals surface area contributed by atoms with Crippen molar-refractivity contribution in [2.75, 3.05) is 49.2 Å². The molecule has 2 aromatic carbocycles. The lowest BCUT2D eigenvalue weighted by Gasteiger charge is -2.28. The maximum atomic E-state index is 13.1. The van der Waals surface area contributed by atoms with Crippen LogP contribution < -0.4 is 15.1 Å². The minimum absolute atomic E-state index is 0.154. The van der Waals surface area contributed by atoms with E-state index < -0.39 is 12.1 Å². The third kappa shape index (κ3) is 7.17. The molecule has 40 heavy (non-hydrogen) atoms. The highest BCUT2D eigenvalue weighted by molar-refractivity contribution is 5.94. The van der Waals surface area contributed by atoms with Crippen molar-refractivity contribution in [1.29, 1.82) is 0 Å². The molecule has 5 rings (SSSR count). The molecular weight excluding hydrogens is 531 g/mol. The Labute approximate surface area is 228 Å². The summed E-state index contributed by atoms with van der Waals surface area (Å²) in [6, 6.07) is 17.0. The second-order valence-electron chi connectivity index (χ2n) is 9.00. The highest BCUT2D eigenvalue weighted by Crippen LogP contribution is 2.36. The average Bonchev–Trinajstić information content (AvgIpc) is 3.38. The number of phenolic OH excluding ortho intramolecular Hbond substituents is 1. The molecule has 10 nitrogen and oxygen atoms in total. The fourth-order valence-electron chi connectivity index (χ4n) is 4.29. The van der Waals surface area contributed by atoms with Gasteiger partial charge in [-0.2, -0.15) is 18.2 Å². The number of halogens is 3. The van der Waals surface area contributed by atoms with Crippen LogP contribution in [0.25, 0.3) is 11.3 Å². The van der Waals surface area contributed by atoms with Crippen molar-refractivity contribution in [1.82, 2.24) is 15.3 Å². The molecule has 1 aromatic heterocycles. The van der Waals surface area contributed by atoms with E-state index in [2.05, 4.69) is 22.3 Å². The summed E-state index contributed by atoms with van der Waals surface area (Å²) in [6.07, 6.45) is -3.65. The molecule has 0 bridgehead atoms. The molecule has 13 heteroatoms. The molecule has 0 radical (unpaired) electrons. The number of aliphatic carboxylic acids is 1. The van der Waals surface area contributed by atoms with E-state index in [4.69, 9.17) is 24.6 Å². The molecular formula is C27H28F3N5O5. The van der Waals surface area contributed by atoms with Gasteiger partial charge in [-0.3, -0.25) is 4.90 Å². The predicted octanol–water partition coefficient (Wildman–Crippen LogP) is 3.63. The summed E-state index contributed by atoms with van der Waals surface area (Å²) in [5.74, 6) is -1.35. The SMILES string of the molecule is O=C(NCCc1ccccc1)N1CCc2c(-c3cccc(O)c3)nc(N3CCOCC3)nc21.O=C(O)C(F)(F)F. The van der Waals surface area contributed by atoms with Crippen molar-refractivity contribution < 1.29 is 37.7 Å². The number of anilines is 2. The van der Waals surface area contributed by atoms with Crippen LogP contribution in [0, 0.1) is 0 Å². The fraction of sp³-hybridized carbons (Fsp3) is 0.333. The van der Waals surface area contributed by atoms with Crippen molar-refractivity contribution in [2.24, 2.45) is 0 Å². The molecule has 3 N–H and O–H groups in total. The number of morpholine rings is 1. The van der Waals surface area contributed by atoms with E-state index in [1.54, 1.807) is 23.1 Å². The molecule has 0 unspecified atom stereocenters. The topological polar surface area (TPSA) is 128 Å². The third-order valence-corrected chi connectivity index (χ3v) is 6.25. The Kier molecular flexibility index (Phi) is 9.04. The van der Waals surface area contributed by atoms with Gasteiger partial charge in [-0.1, -0.05) is 42.5 Å². The maximum absolute atomic E-state index is 13.1. The molecule has 1 saturated heterocycles. The molecule has 0 saturated carbocycles. The molecule has 2 amide bonds. The summed E-state index contributed by atoms with van der Waals surface area (Å²) in [6.45, 7) is 3.72. The molecule has 2 aliphatic rings. The van der Waals surface area contributed by atoms with E-state index >= 15 is 0 Å². The molecule has 3 heterocycles. The normalized spacial score (nSPS) is 14.7. The van der Waals surface area contributed by atoms with E-state index in [0.29, 0.717) is 57.6 Å². The van der Waals surface area contributed by atoms with E-state index in [1.807, 2.05) is 24.3 Å². The number of aromatic hydroxyl groups is 1. The summed E-state index contributed by atoms with van der Waals surface area (Å²) in [5, 5.41) is 20.2. The van der Waals surface area contributed by atoms with Gasteiger partial charge in [0.05, 0.1) is 18.9 Å². The van der Waals surface area contributed by atoms with E-state index in [-0.39, 0.29) is 11.8 Å². The first kappa shape index (κ1) is 28.6. The molecule has 0 atom stereocenters. The lowest BCUT2D eigenvalue weighted by atomic mass is 10.1. The van der Waals surface area contributed by atoms with Gasteiger partial charge in [0, 0.05) is 37.3 Å². The standard InChI is InChI=1S/C25H27N5O3.C2HF3O2/c31-20-8-4-7-19(17-20)22-21-10-12-30(25(32)26-11-9-18-5-2-1-3-6-18)23(21)28-24(27-22)29-13-15-33-16-14-29;3-2(4,5)1(6)7/h1-8,17,31H,9-16H2,(H,26,32);(H,6,7). The first-order valence-electron chi connectivity index (χ1n) is 12.6. The number of aromatic nitrogens is 2. The Balaban J connectivity index is 0.000000470. The van der Waals surface area contributed by atoms with Crippen LogP contribution in [0.1, 0.15) is 11.1 Å². The van der Waals surface area contributed by atoms with Gasteiger partial charge in [0.15, 0.2) is 0 Å². The quantitative estimate of drug-likeness (QED) is 0.433. The number of fused-ring (bicyclic) bond motifs is 1. The minimum Gasteiger partial charge on any atom is -0.508 e. The molecule has 0 aliphatic carbocycles. The van der Waals surface area contributed by atoms with Gasteiger partial charge in [0.1, 0.15) is 11.6 Å². The summed E-state index contributed by atoms with van der Waals surface area (Å²) in [7, 11) is 0. The van der Waals surface area contributed by atoms with Crippen LogP contribution in [0.4, 0.5) is 29.7 Å². The zero-order valence-corrected chi connectivity index (χ0v) is 21.4. The zero-order chi connectivity index (χ0) is 28.7. The molecule has 1 fully saturated rings. The van der Waals surface area contributed by atoms with Crippen LogP contribution in [0.15, 0.2) is 54.6 Å². The number of alkyl halides is 3. The minimum atomic E-state index is -5.08. The average molecular weight is 560 g/mol. The number of hydrogen-bond donors (Lipinski definition) is 3. The number of nitrogens with one attached hydrogen (secondary N) is 1. The van der Waals surface area contributed by atoms with Gasteiger partial charge < -0.3 is 25.2 Å². The fourth-order valence-corrected chi connectivity index (χ4v) is 4.29. The van der Waals surface area contributed by atoms with Gasteiger partial charge >= 0.3 is 18.2 Å². The zero-order valence-electron chi connectivity index (χ0n) is 21.4. The van der Waals surface area contributed by atoms with E-state index in [1.165, 1.54) is 5.56 Å². The lowest BCUT2D eigenvalue weighted by Crippen LogP contribution is -2.41. The molecule has 212 valence electrons. The van der Waals surface area contributed by atoms with Gasteiger partial charge in [0.25, 0.3) is 0 Å². The number of ether oxygens (including phenoxy) is 1. The molecule has 3 aromatic rings. The van der Waals surface area contributed by atoms with Gasteiger partial charge in [-0.15, -0.1) is 0 Å². The summed E-state index contributed by atoms with van der Waals surface area (Å²) in [4.78, 5) is 35.4. The van der Waals surface area contributed by atoms with Crippen LogP contribution in [-0.2, 0) is 22.4 Å². The number of carboxylic acid groups (broad SMARTS) is 1. The Bertz CT molecular complexity index is 1330. The highest BCUT2D eigenvalue weighted by Gasteiger charge is 2.38. The molecule has 0 spiro atoms. The smallest absolute Gasteiger partial charge is 0.490 e. The van der Waals surface area contributed by atoms with Crippen molar-refractivity contribution >= 4 is 23.8 Å².